The number of hydrogen-bond donors (Lipinski definition) is 0. The quantitative estimate of drug-likeness (QED) is 0.574. The van der Waals surface area contributed by atoms with Crippen molar-refractivity contribution in [3.8, 4) is 0 Å². The molecule has 0 saturated heterocycles. The molecule has 2 rings (SSSR count). The first kappa shape index (κ1) is 16.0. The van der Waals surface area contributed by atoms with Crippen molar-refractivity contribution >= 4 is 5.69 Å². The highest BCUT2D eigenvalue weighted by Crippen LogP contribution is 2.27. The fourth-order valence-electron chi connectivity index (χ4n) is 2.74. The second-order valence-corrected chi connectivity index (χ2v) is 5.24. The van der Waals surface area contributed by atoms with Crippen LogP contribution in [0.5, 0.6) is 0 Å². The third kappa shape index (κ3) is 3.85. The molecule has 0 aliphatic rings. The van der Waals surface area contributed by atoms with Gasteiger partial charge in [-0.05, 0) is 37.1 Å². The van der Waals surface area contributed by atoms with Crippen LogP contribution >= 0.6 is 0 Å². The van der Waals surface area contributed by atoms with Crippen molar-refractivity contribution in [2.75, 3.05) is 24.5 Å². The summed E-state index contributed by atoms with van der Waals surface area (Å²) in [6.07, 6.45) is 0. The molecule has 0 bridgehead atoms. The van der Waals surface area contributed by atoms with Crippen LogP contribution in [-0.2, 0) is 0 Å². The van der Waals surface area contributed by atoms with Crippen LogP contribution in [0.3, 0.4) is 0 Å². The Morgan fingerprint density at radius 1 is 0.955 bits per heavy atom. The summed E-state index contributed by atoms with van der Waals surface area (Å²) in [7, 11) is 0. The summed E-state index contributed by atoms with van der Waals surface area (Å²) in [5.41, 5.74) is 3.12. The van der Waals surface area contributed by atoms with Gasteiger partial charge in [-0.25, -0.2) is 0 Å². The molecule has 22 heavy (non-hydrogen) atoms. The predicted octanol–water partition coefficient (Wildman–Crippen LogP) is 3.94. The van der Waals surface area contributed by atoms with Gasteiger partial charge in [0.15, 0.2) is 0 Å². The van der Waals surface area contributed by atoms with Gasteiger partial charge in [-0.15, -0.1) is 0 Å². The van der Waals surface area contributed by atoms with Crippen LogP contribution in [-0.4, -0.2) is 24.6 Å². The molecule has 0 aromatic heterocycles. The lowest BCUT2D eigenvalue weighted by Gasteiger charge is -2.22. The second-order valence-electron chi connectivity index (χ2n) is 5.24. The van der Waals surface area contributed by atoms with Crippen molar-refractivity contribution in [3.63, 3.8) is 0 Å². The SMILES string of the molecule is CCN(CC)c1ccc(C(C[N+](=O)[O-])c2ccccc2)cc1. The van der Waals surface area contributed by atoms with Gasteiger partial charge in [-0.1, -0.05) is 42.5 Å². The summed E-state index contributed by atoms with van der Waals surface area (Å²) in [6, 6.07) is 17.8. The lowest BCUT2D eigenvalue weighted by molar-refractivity contribution is -0.481. The van der Waals surface area contributed by atoms with Gasteiger partial charge in [0.05, 0.1) is 5.92 Å². The van der Waals surface area contributed by atoms with E-state index in [0.717, 1.165) is 29.9 Å². The zero-order valence-electron chi connectivity index (χ0n) is 13.1. The van der Waals surface area contributed by atoms with Gasteiger partial charge < -0.3 is 4.90 Å². The first-order chi connectivity index (χ1) is 10.7. The molecule has 116 valence electrons. The smallest absolute Gasteiger partial charge is 0.214 e. The largest absolute Gasteiger partial charge is 0.372 e. The summed E-state index contributed by atoms with van der Waals surface area (Å²) < 4.78 is 0. The molecular formula is C18H22N2O2. The molecule has 0 aliphatic carbocycles. The molecule has 1 atom stereocenters. The molecule has 0 spiro atoms. The van der Waals surface area contributed by atoms with Crippen LogP contribution < -0.4 is 4.90 Å². The standard InChI is InChI=1S/C18H22N2O2/c1-3-19(4-2)17-12-10-16(11-13-17)18(14-20(21)22)15-8-6-5-7-9-15/h5-13,18H,3-4,14H2,1-2H3. The Balaban J connectivity index is 2.30. The van der Waals surface area contributed by atoms with E-state index >= 15 is 0 Å². The minimum atomic E-state index is -0.240. The van der Waals surface area contributed by atoms with Crippen molar-refractivity contribution in [2.24, 2.45) is 0 Å². The van der Waals surface area contributed by atoms with Crippen LogP contribution in [0.25, 0.3) is 0 Å². The van der Waals surface area contributed by atoms with E-state index in [2.05, 4.69) is 30.9 Å². The monoisotopic (exact) mass is 298 g/mol. The van der Waals surface area contributed by atoms with Crippen molar-refractivity contribution < 1.29 is 4.92 Å². The first-order valence-corrected chi connectivity index (χ1v) is 7.67. The predicted molar refractivity (Wildman–Crippen MR) is 90.1 cm³/mol. The molecule has 0 fully saturated rings. The molecule has 2 aromatic rings. The normalized spacial score (nSPS) is 11.9. The lowest BCUT2D eigenvalue weighted by Crippen LogP contribution is -2.21. The molecule has 0 saturated carbocycles. The number of anilines is 1. The summed E-state index contributed by atoms with van der Waals surface area (Å²) in [4.78, 5) is 13.0. The van der Waals surface area contributed by atoms with E-state index in [0.29, 0.717) is 0 Å². The molecule has 4 heteroatoms. The summed E-state index contributed by atoms with van der Waals surface area (Å²) in [6.45, 7) is 6.06. The topological polar surface area (TPSA) is 46.4 Å². The molecule has 2 aromatic carbocycles. The van der Waals surface area contributed by atoms with Crippen molar-refractivity contribution in [1.82, 2.24) is 0 Å². The highest BCUT2D eigenvalue weighted by Gasteiger charge is 2.20. The van der Waals surface area contributed by atoms with Crippen molar-refractivity contribution in [1.29, 1.82) is 0 Å². The highest BCUT2D eigenvalue weighted by molar-refractivity contribution is 5.49. The van der Waals surface area contributed by atoms with E-state index in [1.54, 1.807) is 0 Å². The molecule has 4 nitrogen and oxygen atoms in total. The Hall–Kier alpha value is -2.36. The van der Waals surface area contributed by atoms with E-state index < -0.39 is 0 Å². The van der Waals surface area contributed by atoms with E-state index in [-0.39, 0.29) is 17.4 Å². The molecule has 0 N–H and O–H groups in total. The summed E-state index contributed by atoms with van der Waals surface area (Å²) >= 11 is 0. The molecule has 1 unspecified atom stereocenters. The zero-order chi connectivity index (χ0) is 15.9. The molecular weight excluding hydrogens is 276 g/mol. The summed E-state index contributed by atoms with van der Waals surface area (Å²) in [5.74, 6) is -0.207. The first-order valence-electron chi connectivity index (χ1n) is 7.67. The van der Waals surface area contributed by atoms with Gasteiger partial charge >= 0.3 is 0 Å². The van der Waals surface area contributed by atoms with E-state index in [4.69, 9.17) is 0 Å². The van der Waals surface area contributed by atoms with E-state index in [1.807, 2.05) is 42.5 Å². The van der Waals surface area contributed by atoms with Gasteiger partial charge in [-0.3, -0.25) is 10.1 Å². The van der Waals surface area contributed by atoms with Gasteiger partial charge in [0.25, 0.3) is 0 Å². The Bertz CT molecular complexity index is 592. The third-order valence-corrected chi connectivity index (χ3v) is 3.96. The highest BCUT2D eigenvalue weighted by atomic mass is 16.6. The Morgan fingerprint density at radius 3 is 2.00 bits per heavy atom. The third-order valence-electron chi connectivity index (χ3n) is 3.96. The van der Waals surface area contributed by atoms with Crippen LogP contribution in [0.1, 0.15) is 30.9 Å². The minimum Gasteiger partial charge on any atom is -0.372 e. The van der Waals surface area contributed by atoms with Gasteiger partial charge in [0.1, 0.15) is 0 Å². The Morgan fingerprint density at radius 2 is 1.50 bits per heavy atom. The van der Waals surface area contributed by atoms with Gasteiger partial charge in [0.2, 0.25) is 6.54 Å². The number of hydrogen-bond acceptors (Lipinski definition) is 3. The van der Waals surface area contributed by atoms with Crippen molar-refractivity contribution in [3.05, 3.63) is 75.8 Å². The maximum Gasteiger partial charge on any atom is 0.214 e. The molecule has 0 radical (unpaired) electrons. The van der Waals surface area contributed by atoms with Gasteiger partial charge in [-0.2, -0.15) is 0 Å². The average molecular weight is 298 g/mol. The Labute approximate surface area is 131 Å². The zero-order valence-corrected chi connectivity index (χ0v) is 13.1. The Kier molecular flexibility index (Phi) is 5.53. The molecule has 0 aliphatic heterocycles. The number of nitro groups is 1. The lowest BCUT2D eigenvalue weighted by atomic mass is 9.91. The van der Waals surface area contributed by atoms with Crippen LogP contribution in [0.15, 0.2) is 54.6 Å². The second kappa shape index (κ2) is 7.59. The maximum atomic E-state index is 11.0. The van der Waals surface area contributed by atoms with Crippen LogP contribution in [0.2, 0.25) is 0 Å². The maximum absolute atomic E-state index is 11.0. The minimum absolute atomic E-state index is 0.0887. The number of benzene rings is 2. The summed E-state index contributed by atoms with van der Waals surface area (Å²) in [5, 5.41) is 11.0. The van der Waals surface area contributed by atoms with E-state index in [9.17, 15) is 10.1 Å². The number of rotatable bonds is 7. The fraction of sp³-hybridized carbons (Fsp3) is 0.333. The van der Waals surface area contributed by atoms with Crippen LogP contribution in [0, 0.1) is 10.1 Å². The fourth-order valence-corrected chi connectivity index (χ4v) is 2.74. The van der Waals surface area contributed by atoms with E-state index in [1.165, 1.54) is 0 Å². The van der Waals surface area contributed by atoms with Crippen LogP contribution in [0.4, 0.5) is 5.69 Å². The average Bonchev–Trinajstić information content (AvgIpc) is 2.55. The van der Waals surface area contributed by atoms with Gasteiger partial charge in [0, 0.05) is 23.7 Å². The molecule has 0 heterocycles. The molecule has 0 amide bonds. The number of nitrogens with zero attached hydrogens (tertiary/aromatic N) is 2. The van der Waals surface area contributed by atoms with Crippen molar-refractivity contribution in [2.45, 2.75) is 19.8 Å².